The van der Waals surface area contributed by atoms with Crippen LogP contribution in [-0.2, 0) is 9.59 Å². The van der Waals surface area contributed by atoms with Crippen LogP contribution in [0.2, 0.25) is 5.02 Å². The van der Waals surface area contributed by atoms with Gasteiger partial charge in [0.1, 0.15) is 0 Å². The fourth-order valence-electron chi connectivity index (χ4n) is 1.73. The van der Waals surface area contributed by atoms with Crippen molar-refractivity contribution in [2.45, 2.75) is 6.42 Å². The lowest BCUT2D eigenvalue weighted by Gasteiger charge is -2.07. The maximum Gasteiger partial charge on any atom is 0.252 e. The molecule has 1 aliphatic rings. The van der Waals surface area contributed by atoms with Gasteiger partial charge in [0.15, 0.2) is 11.4 Å². The highest BCUT2D eigenvalue weighted by Crippen LogP contribution is 2.17. The van der Waals surface area contributed by atoms with Crippen molar-refractivity contribution in [3.05, 3.63) is 23.4 Å². The van der Waals surface area contributed by atoms with E-state index in [2.05, 4.69) is 10.1 Å². The number of nitrogens with zero attached hydrogens (tertiary/aromatic N) is 4. The molecule has 0 N–H and O–H groups in total. The zero-order valence-corrected chi connectivity index (χ0v) is 9.39. The van der Waals surface area contributed by atoms with Gasteiger partial charge in [-0.25, -0.2) is 4.52 Å². The van der Waals surface area contributed by atoms with Crippen molar-refractivity contribution in [1.82, 2.24) is 14.6 Å². The third kappa shape index (κ3) is 1.66. The number of amides is 1. The zero-order valence-electron chi connectivity index (χ0n) is 8.63. The molecular weight excluding hydrogens is 244 g/mol. The Hall–Kier alpha value is -1.95. The van der Waals surface area contributed by atoms with Gasteiger partial charge in [0, 0.05) is 6.20 Å². The molecule has 3 rings (SSSR count). The Morgan fingerprint density at radius 1 is 1.29 bits per heavy atom. The number of pyridine rings is 1. The largest absolute Gasteiger partial charge is 0.297 e. The van der Waals surface area contributed by atoms with E-state index in [1.54, 1.807) is 18.3 Å². The van der Waals surface area contributed by atoms with Crippen molar-refractivity contribution in [2.75, 3.05) is 11.4 Å². The number of halogens is 1. The van der Waals surface area contributed by atoms with Crippen LogP contribution in [0, 0.1) is 0 Å². The number of hydrogen-bond acceptors (Lipinski definition) is 4. The Labute approximate surface area is 101 Å². The number of carbonyl (C=O) groups is 2. The lowest BCUT2D eigenvalue weighted by molar-refractivity contribution is -0.121. The van der Waals surface area contributed by atoms with Crippen LogP contribution in [0.1, 0.15) is 6.42 Å². The maximum atomic E-state index is 11.5. The van der Waals surface area contributed by atoms with Gasteiger partial charge >= 0.3 is 0 Å². The molecule has 2 aromatic rings. The SMILES string of the molecule is O=C1CC(=O)N(c2nc3ccc(Cl)cn3n2)C1. The molecule has 1 fully saturated rings. The molecule has 86 valence electrons. The topological polar surface area (TPSA) is 67.6 Å². The highest BCUT2D eigenvalue weighted by atomic mass is 35.5. The number of aromatic nitrogens is 3. The third-order valence-electron chi connectivity index (χ3n) is 2.51. The summed E-state index contributed by atoms with van der Waals surface area (Å²) in [4.78, 5) is 28.1. The molecule has 6 nitrogen and oxygen atoms in total. The molecule has 1 aliphatic heterocycles. The third-order valence-corrected chi connectivity index (χ3v) is 2.73. The summed E-state index contributed by atoms with van der Waals surface area (Å²) in [7, 11) is 0. The van der Waals surface area contributed by atoms with Gasteiger partial charge in [-0.3, -0.25) is 14.5 Å². The van der Waals surface area contributed by atoms with Crippen molar-refractivity contribution >= 4 is 34.9 Å². The van der Waals surface area contributed by atoms with Crippen LogP contribution in [0.3, 0.4) is 0 Å². The van der Waals surface area contributed by atoms with Crippen LogP contribution < -0.4 is 4.90 Å². The molecule has 0 spiro atoms. The van der Waals surface area contributed by atoms with E-state index in [0.717, 1.165) is 0 Å². The van der Waals surface area contributed by atoms with Gasteiger partial charge in [-0.1, -0.05) is 11.6 Å². The van der Waals surface area contributed by atoms with Crippen LogP contribution in [0.15, 0.2) is 18.3 Å². The monoisotopic (exact) mass is 250 g/mol. The maximum absolute atomic E-state index is 11.5. The number of hydrogen-bond donors (Lipinski definition) is 0. The molecule has 17 heavy (non-hydrogen) atoms. The number of rotatable bonds is 1. The predicted molar refractivity (Wildman–Crippen MR) is 60.0 cm³/mol. The molecular formula is C10H7ClN4O2. The first-order chi connectivity index (χ1) is 8.13. The minimum Gasteiger partial charge on any atom is -0.297 e. The lowest BCUT2D eigenvalue weighted by atomic mass is 10.3. The van der Waals surface area contributed by atoms with Gasteiger partial charge in [-0.05, 0) is 12.1 Å². The molecule has 0 radical (unpaired) electrons. The van der Waals surface area contributed by atoms with E-state index in [4.69, 9.17) is 11.6 Å². The second-order valence-electron chi connectivity index (χ2n) is 3.76. The molecule has 0 aromatic carbocycles. The summed E-state index contributed by atoms with van der Waals surface area (Å²) in [6, 6.07) is 3.38. The first-order valence-electron chi connectivity index (χ1n) is 4.97. The van der Waals surface area contributed by atoms with Gasteiger partial charge in [-0.2, -0.15) is 4.98 Å². The molecule has 1 saturated heterocycles. The number of anilines is 1. The summed E-state index contributed by atoms with van der Waals surface area (Å²) in [6.07, 6.45) is 1.52. The molecule has 1 amide bonds. The summed E-state index contributed by atoms with van der Waals surface area (Å²) in [5.74, 6) is -0.146. The van der Waals surface area contributed by atoms with Crippen LogP contribution >= 0.6 is 11.6 Å². The van der Waals surface area contributed by atoms with E-state index < -0.39 is 0 Å². The summed E-state index contributed by atoms with van der Waals surface area (Å²) < 4.78 is 1.48. The van der Waals surface area contributed by atoms with Crippen LogP contribution in [-0.4, -0.2) is 32.8 Å². The molecule has 0 aliphatic carbocycles. The average Bonchev–Trinajstić information content (AvgIpc) is 2.80. The molecule has 0 bridgehead atoms. The minimum absolute atomic E-state index is 0.0451. The van der Waals surface area contributed by atoms with Crippen molar-refractivity contribution in [3.8, 4) is 0 Å². The number of ketones is 1. The molecule has 7 heteroatoms. The zero-order chi connectivity index (χ0) is 12.0. The fourth-order valence-corrected chi connectivity index (χ4v) is 1.88. The van der Waals surface area contributed by atoms with E-state index in [1.807, 2.05) is 0 Å². The van der Waals surface area contributed by atoms with Crippen LogP contribution in [0.25, 0.3) is 5.65 Å². The fraction of sp³-hybridized carbons (Fsp3) is 0.200. The molecule has 0 unspecified atom stereocenters. The van der Waals surface area contributed by atoms with Gasteiger partial charge < -0.3 is 0 Å². The normalized spacial score (nSPS) is 16.2. The predicted octanol–water partition coefficient (Wildman–Crippen LogP) is 0.688. The molecule has 0 atom stereocenters. The highest BCUT2D eigenvalue weighted by Gasteiger charge is 2.31. The molecule has 0 saturated carbocycles. The van der Waals surface area contributed by atoms with E-state index in [-0.39, 0.29) is 30.6 Å². The van der Waals surface area contributed by atoms with E-state index in [0.29, 0.717) is 10.7 Å². The van der Waals surface area contributed by atoms with Crippen molar-refractivity contribution in [3.63, 3.8) is 0 Å². The van der Waals surface area contributed by atoms with Crippen molar-refractivity contribution < 1.29 is 9.59 Å². The average molecular weight is 251 g/mol. The van der Waals surface area contributed by atoms with Crippen LogP contribution in [0.4, 0.5) is 5.95 Å². The number of carbonyl (C=O) groups excluding carboxylic acids is 2. The standard InChI is InChI=1S/C10H7ClN4O2/c11-6-1-2-8-12-10(13-15(8)4-6)14-5-7(16)3-9(14)17/h1-2,4H,3,5H2. The first kappa shape index (κ1) is 10.2. The summed E-state index contributed by atoms with van der Waals surface area (Å²) >= 11 is 5.82. The minimum atomic E-state index is -0.267. The lowest BCUT2D eigenvalue weighted by Crippen LogP contribution is -2.25. The first-order valence-corrected chi connectivity index (χ1v) is 5.35. The smallest absolute Gasteiger partial charge is 0.252 e. The summed E-state index contributed by atoms with van der Waals surface area (Å²) in [6.45, 7) is 0.0451. The van der Waals surface area contributed by atoms with Gasteiger partial charge in [0.25, 0.3) is 5.95 Å². The Balaban J connectivity index is 2.06. The Morgan fingerprint density at radius 2 is 2.12 bits per heavy atom. The van der Waals surface area contributed by atoms with E-state index in [1.165, 1.54) is 9.42 Å². The van der Waals surface area contributed by atoms with Gasteiger partial charge in [0.2, 0.25) is 5.91 Å². The Morgan fingerprint density at radius 3 is 2.82 bits per heavy atom. The number of Topliss-reactive ketones (excluding diaryl/α,β-unsaturated/α-hetero) is 1. The quantitative estimate of drug-likeness (QED) is 0.699. The number of fused-ring (bicyclic) bond motifs is 1. The van der Waals surface area contributed by atoms with Crippen molar-refractivity contribution in [2.24, 2.45) is 0 Å². The molecule has 2 aromatic heterocycles. The summed E-state index contributed by atoms with van der Waals surface area (Å²) in [5, 5.41) is 4.64. The molecule has 3 heterocycles. The second-order valence-corrected chi connectivity index (χ2v) is 4.19. The van der Waals surface area contributed by atoms with E-state index in [9.17, 15) is 9.59 Å². The van der Waals surface area contributed by atoms with Gasteiger partial charge in [-0.15, -0.1) is 5.10 Å². The Kier molecular flexibility index (Phi) is 2.12. The van der Waals surface area contributed by atoms with Crippen LogP contribution in [0.5, 0.6) is 0 Å². The van der Waals surface area contributed by atoms with Gasteiger partial charge in [0.05, 0.1) is 18.0 Å². The van der Waals surface area contributed by atoms with Crippen molar-refractivity contribution in [1.29, 1.82) is 0 Å². The Bertz CT molecular complexity index is 636. The van der Waals surface area contributed by atoms with E-state index >= 15 is 0 Å². The summed E-state index contributed by atoms with van der Waals surface area (Å²) in [5.41, 5.74) is 0.580. The highest BCUT2D eigenvalue weighted by molar-refractivity contribution is 6.30. The second kappa shape index (κ2) is 3.53.